The third-order valence-electron chi connectivity index (χ3n) is 4.85. The Morgan fingerprint density at radius 3 is 2.86 bits per heavy atom. The summed E-state index contributed by atoms with van der Waals surface area (Å²) in [5, 5.41) is 10.2. The number of carbonyl (C=O) groups excluding carboxylic acids is 2. The van der Waals surface area contributed by atoms with Crippen LogP contribution in [0.15, 0.2) is 54.7 Å². The summed E-state index contributed by atoms with van der Waals surface area (Å²) >= 11 is 5.94. The van der Waals surface area contributed by atoms with E-state index in [2.05, 4.69) is 15.7 Å². The SMILES string of the molecule is Cc1ccccc1Cn1ccc(NC(=O)C2(C)Oc3ccc(Cl)cc3NC2=O)n1. The number of carbonyl (C=O) groups is 2. The van der Waals surface area contributed by atoms with Gasteiger partial charge >= 0.3 is 0 Å². The number of nitrogens with one attached hydrogen (secondary N) is 2. The third-order valence-corrected chi connectivity index (χ3v) is 5.08. The Morgan fingerprint density at radius 1 is 1.28 bits per heavy atom. The van der Waals surface area contributed by atoms with Crippen LogP contribution in [0.4, 0.5) is 11.5 Å². The van der Waals surface area contributed by atoms with Crippen LogP contribution in [0.3, 0.4) is 0 Å². The Kier molecular flexibility index (Phi) is 4.76. The number of aromatic nitrogens is 2. The lowest BCUT2D eigenvalue weighted by Gasteiger charge is -2.33. The van der Waals surface area contributed by atoms with E-state index in [-0.39, 0.29) is 0 Å². The Labute approximate surface area is 172 Å². The van der Waals surface area contributed by atoms with E-state index in [0.29, 0.717) is 28.8 Å². The average molecular weight is 411 g/mol. The molecule has 8 heteroatoms. The molecule has 1 aromatic heterocycles. The minimum atomic E-state index is -1.74. The molecule has 1 atom stereocenters. The lowest BCUT2D eigenvalue weighted by Crippen LogP contribution is -2.56. The zero-order valence-corrected chi connectivity index (χ0v) is 16.7. The van der Waals surface area contributed by atoms with Gasteiger partial charge in [-0.2, -0.15) is 5.10 Å². The van der Waals surface area contributed by atoms with Crippen LogP contribution < -0.4 is 15.4 Å². The van der Waals surface area contributed by atoms with Gasteiger partial charge < -0.3 is 15.4 Å². The second kappa shape index (κ2) is 7.25. The molecule has 0 bridgehead atoms. The van der Waals surface area contributed by atoms with Crippen LogP contribution in [-0.4, -0.2) is 27.2 Å². The molecular weight excluding hydrogens is 392 g/mol. The summed E-state index contributed by atoms with van der Waals surface area (Å²) < 4.78 is 7.44. The minimum absolute atomic E-state index is 0.336. The first kappa shape index (κ1) is 19.0. The van der Waals surface area contributed by atoms with E-state index in [4.69, 9.17) is 16.3 Å². The summed E-state index contributed by atoms with van der Waals surface area (Å²) in [5.41, 5.74) is 0.980. The minimum Gasteiger partial charge on any atom is -0.466 e. The summed E-state index contributed by atoms with van der Waals surface area (Å²) in [5.74, 6) is -0.485. The van der Waals surface area contributed by atoms with Crippen molar-refractivity contribution in [1.29, 1.82) is 0 Å². The van der Waals surface area contributed by atoms with Gasteiger partial charge in [-0.1, -0.05) is 35.9 Å². The number of halogens is 1. The van der Waals surface area contributed by atoms with Crippen molar-refractivity contribution in [2.75, 3.05) is 10.6 Å². The van der Waals surface area contributed by atoms with Crippen molar-refractivity contribution in [3.05, 3.63) is 70.9 Å². The topological polar surface area (TPSA) is 85.3 Å². The zero-order valence-electron chi connectivity index (χ0n) is 15.9. The van der Waals surface area contributed by atoms with Gasteiger partial charge in [-0.3, -0.25) is 14.3 Å². The second-order valence-electron chi connectivity index (χ2n) is 7.01. The standard InChI is InChI=1S/C21H19ClN4O3/c1-13-5-3-4-6-14(13)12-26-10-9-18(25-26)24-20(28)21(2)19(27)23-16-11-15(22)7-8-17(16)29-21/h3-11H,12H2,1-2H3,(H,23,27)(H,24,25,28). The Hall–Kier alpha value is -3.32. The van der Waals surface area contributed by atoms with Gasteiger partial charge in [0, 0.05) is 17.3 Å². The van der Waals surface area contributed by atoms with E-state index < -0.39 is 17.4 Å². The molecule has 2 N–H and O–H groups in total. The molecule has 0 radical (unpaired) electrons. The molecule has 2 aromatic carbocycles. The molecule has 7 nitrogen and oxygen atoms in total. The number of amides is 2. The fourth-order valence-corrected chi connectivity index (χ4v) is 3.23. The molecule has 4 rings (SSSR count). The number of ether oxygens (including phenoxy) is 1. The van der Waals surface area contributed by atoms with Gasteiger partial charge in [0.1, 0.15) is 5.75 Å². The molecule has 0 fully saturated rings. The van der Waals surface area contributed by atoms with E-state index in [9.17, 15) is 9.59 Å². The van der Waals surface area contributed by atoms with Crippen LogP contribution in [0.2, 0.25) is 5.02 Å². The first-order chi connectivity index (χ1) is 13.8. The maximum atomic E-state index is 12.8. The van der Waals surface area contributed by atoms with Gasteiger partial charge in [0.2, 0.25) is 0 Å². The highest BCUT2D eigenvalue weighted by molar-refractivity contribution is 6.31. The normalized spacial score (nSPS) is 17.8. The summed E-state index contributed by atoms with van der Waals surface area (Å²) in [6, 6.07) is 14.5. The number of benzene rings is 2. The monoisotopic (exact) mass is 410 g/mol. The highest BCUT2D eigenvalue weighted by atomic mass is 35.5. The first-order valence-corrected chi connectivity index (χ1v) is 9.42. The van der Waals surface area contributed by atoms with Crippen molar-refractivity contribution < 1.29 is 14.3 Å². The van der Waals surface area contributed by atoms with Crippen LogP contribution in [-0.2, 0) is 16.1 Å². The van der Waals surface area contributed by atoms with Gasteiger partial charge in [-0.05, 0) is 43.2 Å². The number of hydrogen-bond donors (Lipinski definition) is 2. The predicted octanol–water partition coefficient (Wildman–Crippen LogP) is 3.62. The van der Waals surface area contributed by atoms with Crippen LogP contribution >= 0.6 is 11.6 Å². The van der Waals surface area contributed by atoms with Crippen LogP contribution in [0.5, 0.6) is 5.75 Å². The van der Waals surface area contributed by atoms with Crippen molar-refractivity contribution in [3.63, 3.8) is 0 Å². The molecule has 1 aliphatic heterocycles. The molecule has 0 saturated heterocycles. The summed E-state index contributed by atoms with van der Waals surface area (Å²) in [6.07, 6.45) is 1.77. The average Bonchev–Trinajstić information content (AvgIpc) is 3.12. The fourth-order valence-electron chi connectivity index (χ4n) is 3.06. The third kappa shape index (κ3) is 3.69. The first-order valence-electron chi connectivity index (χ1n) is 9.04. The Bertz CT molecular complexity index is 1110. The van der Waals surface area contributed by atoms with Crippen molar-refractivity contribution in [1.82, 2.24) is 9.78 Å². The van der Waals surface area contributed by atoms with Crippen LogP contribution in [0.1, 0.15) is 18.1 Å². The Balaban J connectivity index is 1.49. The smallest absolute Gasteiger partial charge is 0.279 e. The number of aryl methyl sites for hydroxylation is 1. The number of rotatable bonds is 4. The van der Waals surface area contributed by atoms with Crippen molar-refractivity contribution in [3.8, 4) is 5.75 Å². The maximum absolute atomic E-state index is 12.8. The van der Waals surface area contributed by atoms with Gasteiger partial charge in [0.25, 0.3) is 17.4 Å². The fraction of sp³-hybridized carbons (Fsp3) is 0.190. The molecule has 0 saturated carbocycles. The van der Waals surface area contributed by atoms with E-state index in [1.165, 1.54) is 6.92 Å². The zero-order chi connectivity index (χ0) is 20.6. The molecule has 1 aliphatic rings. The molecule has 1 unspecified atom stereocenters. The number of fused-ring (bicyclic) bond motifs is 1. The number of nitrogens with zero attached hydrogens (tertiary/aromatic N) is 2. The molecular formula is C21H19ClN4O3. The number of hydrogen-bond acceptors (Lipinski definition) is 4. The number of anilines is 2. The largest absolute Gasteiger partial charge is 0.466 e. The van der Waals surface area contributed by atoms with Crippen LogP contribution in [0.25, 0.3) is 0 Å². The molecule has 2 amide bonds. The summed E-state index contributed by atoms with van der Waals surface area (Å²) in [4.78, 5) is 25.4. The lowest BCUT2D eigenvalue weighted by molar-refractivity contribution is -0.143. The van der Waals surface area contributed by atoms with E-state index >= 15 is 0 Å². The van der Waals surface area contributed by atoms with E-state index in [1.807, 2.05) is 31.2 Å². The molecule has 0 spiro atoms. The van der Waals surface area contributed by atoms with Crippen molar-refractivity contribution in [2.45, 2.75) is 26.0 Å². The van der Waals surface area contributed by atoms with Gasteiger partial charge in [-0.25, -0.2) is 0 Å². The van der Waals surface area contributed by atoms with Gasteiger partial charge in [0.05, 0.1) is 12.2 Å². The summed E-state index contributed by atoms with van der Waals surface area (Å²) in [7, 11) is 0. The highest BCUT2D eigenvalue weighted by Crippen LogP contribution is 2.36. The quantitative estimate of drug-likeness (QED) is 0.643. The van der Waals surface area contributed by atoms with Crippen molar-refractivity contribution in [2.24, 2.45) is 0 Å². The van der Waals surface area contributed by atoms with Crippen molar-refractivity contribution >= 4 is 34.9 Å². The highest BCUT2D eigenvalue weighted by Gasteiger charge is 2.47. The Morgan fingerprint density at radius 2 is 2.07 bits per heavy atom. The van der Waals surface area contributed by atoms with E-state index in [1.54, 1.807) is 35.1 Å². The molecule has 148 valence electrons. The second-order valence-corrected chi connectivity index (χ2v) is 7.45. The maximum Gasteiger partial charge on any atom is 0.279 e. The van der Waals surface area contributed by atoms with Gasteiger partial charge in [-0.15, -0.1) is 0 Å². The van der Waals surface area contributed by atoms with Crippen LogP contribution in [0, 0.1) is 6.92 Å². The summed E-state index contributed by atoms with van der Waals surface area (Å²) in [6.45, 7) is 4.02. The van der Waals surface area contributed by atoms with E-state index in [0.717, 1.165) is 11.1 Å². The molecule has 2 heterocycles. The predicted molar refractivity (Wildman–Crippen MR) is 110 cm³/mol. The molecule has 0 aliphatic carbocycles. The molecule has 3 aromatic rings. The molecule has 29 heavy (non-hydrogen) atoms. The van der Waals surface area contributed by atoms with Gasteiger partial charge in [0.15, 0.2) is 5.82 Å². The lowest BCUT2D eigenvalue weighted by atomic mass is 10.0.